The van der Waals surface area contributed by atoms with Crippen molar-refractivity contribution in [3.63, 3.8) is 0 Å². The lowest BCUT2D eigenvalue weighted by Gasteiger charge is -2.17. The average Bonchev–Trinajstić information content (AvgIpc) is 2.47. The van der Waals surface area contributed by atoms with E-state index < -0.39 is 17.5 Å². The van der Waals surface area contributed by atoms with Crippen LogP contribution in [-0.2, 0) is 14.3 Å². The van der Waals surface area contributed by atoms with Crippen molar-refractivity contribution in [1.29, 1.82) is 0 Å². The summed E-state index contributed by atoms with van der Waals surface area (Å²) in [6.07, 6.45) is 0.796. The second-order valence-electron chi connectivity index (χ2n) is 4.84. The Bertz CT molecular complexity index is 605. The highest BCUT2D eigenvalue weighted by atomic mass is 35.5. The molecule has 0 heterocycles. The molecule has 1 aromatic rings. The van der Waals surface area contributed by atoms with Crippen LogP contribution in [0.3, 0.4) is 0 Å². The highest BCUT2D eigenvalue weighted by Gasteiger charge is 2.19. The topological polar surface area (TPSA) is 72.8 Å². The number of ether oxygens (including phenoxy) is 2. The van der Waals surface area contributed by atoms with Gasteiger partial charge in [0.1, 0.15) is 11.5 Å². The van der Waals surface area contributed by atoms with E-state index in [4.69, 9.17) is 16.3 Å². The van der Waals surface area contributed by atoms with Crippen LogP contribution in [0.1, 0.15) is 37.8 Å². The SMILES string of the molecule is CCOc1c(/C(O)=C\C(=O)C(=O)OC)cc(Cl)cc1C(C)C. The largest absolute Gasteiger partial charge is 0.507 e. The Balaban J connectivity index is 3.41. The fourth-order valence-electron chi connectivity index (χ4n) is 1.90. The number of benzene rings is 1. The summed E-state index contributed by atoms with van der Waals surface area (Å²) in [7, 11) is 1.09. The summed E-state index contributed by atoms with van der Waals surface area (Å²) in [4.78, 5) is 22.7. The van der Waals surface area contributed by atoms with Crippen LogP contribution in [0.4, 0.5) is 0 Å². The molecule has 22 heavy (non-hydrogen) atoms. The third kappa shape index (κ3) is 4.24. The third-order valence-corrected chi connectivity index (χ3v) is 3.14. The van der Waals surface area contributed by atoms with E-state index in [2.05, 4.69) is 4.74 Å². The fraction of sp³-hybridized carbons (Fsp3) is 0.375. The molecule has 1 rings (SSSR count). The molecule has 1 N–H and O–H groups in total. The monoisotopic (exact) mass is 326 g/mol. The van der Waals surface area contributed by atoms with Crippen LogP contribution in [0.5, 0.6) is 5.75 Å². The second-order valence-corrected chi connectivity index (χ2v) is 5.28. The van der Waals surface area contributed by atoms with Crippen LogP contribution in [0.2, 0.25) is 5.02 Å². The first-order valence-corrected chi connectivity index (χ1v) is 7.19. The summed E-state index contributed by atoms with van der Waals surface area (Å²) >= 11 is 6.07. The number of carbonyl (C=O) groups is 2. The number of halogens is 1. The summed E-state index contributed by atoms with van der Waals surface area (Å²) in [5.74, 6) is -1.89. The number of ketones is 1. The predicted octanol–water partition coefficient (Wildman–Crippen LogP) is 3.50. The lowest BCUT2D eigenvalue weighted by molar-refractivity contribution is -0.149. The van der Waals surface area contributed by atoms with Crippen molar-refractivity contribution in [3.05, 3.63) is 34.4 Å². The van der Waals surface area contributed by atoms with Crippen LogP contribution in [0.15, 0.2) is 18.2 Å². The third-order valence-electron chi connectivity index (χ3n) is 2.92. The van der Waals surface area contributed by atoms with Gasteiger partial charge in [-0.25, -0.2) is 4.79 Å². The lowest BCUT2D eigenvalue weighted by atomic mass is 9.98. The minimum absolute atomic E-state index is 0.100. The summed E-state index contributed by atoms with van der Waals surface area (Å²) in [6, 6.07) is 3.23. The number of aliphatic hydroxyl groups excluding tert-OH is 1. The summed E-state index contributed by atoms with van der Waals surface area (Å²) in [5.41, 5.74) is 1.06. The summed E-state index contributed by atoms with van der Waals surface area (Å²) < 4.78 is 9.90. The fourth-order valence-corrected chi connectivity index (χ4v) is 2.13. The first-order chi connectivity index (χ1) is 10.3. The molecule has 0 unspecified atom stereocenters. The molecule has 0 spiro atoms. The maximum Gasteiger partial charge on any atom is 0.378 e. The molecule has 0 atom stereocenters. The van der Waals surface area contributed by atoms with Crippen LogP contribution in [-0.4, -0.2) is 30.6 Å². The van der Waals surface area contributed by atoms with Crippen LogP contribution in [0.25, 0.3) is 5.76 Å². The van der Waals surface area contributed by atoms with Gasteiger partial charge in [-0.2, -0.15) is 0 Å². The van der Waals surface area contributed by atoms with E-state index in [-0.39, 0.29) is 11.5 Å². The number of hydrogen-bond acceptors (Lipinski definition) is 5. The molecular weight excluding hydrogens is 308 g/mol. The summed E-state index contributed by atoms with van der Waals surface area (Å²) in [5, 5.41) is 10.6. The van der Waals surface area contributed by atoms with E-state index in [9.17, 15) is 14.7 Å². The van der Waals surface area contributed by atoms with Crippen molar-refractivity contribution < 1.29 is 24.2 Å². The van der Waals surface area contributed by atoms with Gasteiger partial charge in [-0.05, 0) is 30.5 Å². The average molecular weight is 327 g/mol. The minimum atomic E-state index is -1.06. The van der Waals surface area contributed by atoms with Crippen molar-refractivity contribution in [2.75, 3.05) is 13.7 Å². The Morgan fingerprint density at radius 2 is 2.00 bits per heavy atom. The highest BCUT2D eigenvalue weighted by molar-refractivity contribution is 6.39. The molecule has 120 valence electrons. The van der Waals surface area contributed by atoms with Crippen molar-refractivity contribution in [1.82, 2.24) is 0 Å². The number of esters is 1. The van der Waals surface area contributed by atoms with Crippen molar-refractivity contribution in [2.45, 2.75) is 26.7 Å². The lowest BCUT2D eigenvalue weighted by Crippen LogP contribution is -2.13. The van der Waals surface area contributed by atoms with Gasteiger partial charge >= 0.3 is 5.97 Å². The minimum Gasteiger partial charge on any atom is -0.507 e. The van der Waals surface area contributed by atoms with Gasteiger partial charge in [0, 0.05) is 11.1 Å². The zero-order chi connectivity index (χ0) is 16.9. The van der Waals surface area contributed by atoms with E-state index in [1.54, 1.807) is 6.07 Å². The molecule has 1 aromatic carbocycles. The normalized spacial score (nSPS) is 11.5. The van der Waals surface area contributed by atoms with Gasteiger partial charge in [0.15, 0.2) is 0 Å². The van der Waals surface area contributed by atoms with E-state index in [1.165, 1.54) is 6.07 Å². The van der Waals surface area contributed by atoms with E-state index in [1.807, 2.05) is 20.8 Å². The van der Waals surface area contributed by atoms with Crippen LogP contribution >= 0.6 is 11.6 Å². The smallest absolute Gasteiger partial charge is 0.378 e. The molecule has 0 aliphatic rings. The number of aliphatic hydroxyl groups is 1. The van der Waals surface area contributed by atoms with Gasteiger partial charge < -0.3 is 14.6 Å². The van der Waals surface area contributed by atoms with Gasteiger partial charge in [0.2, 0.25) is 0 Å². The number of methoxy groups -OCH3 is 1. The Hall–Kier alpha value is -2.01. The molecule has 0 fully saturated rings. The van der Waals surface area contributed by atoms with E-state index in [0.717, 1.165) is 18.7 Å². The Labute approximate surface area is 134 Å². The maximum absolute atomic E-state index is 11.5. The number of carbonyl (C=O) groups excluding carboxylic acids is 2. The molecule has 0 saturated heterocycles. The van der Waals surface area contributed by atoms with Crippen molar-refractivity contribution >= 4 is 29.1 Å². The number of hydrogen-bond donors (Lipinski definition) is 1. The number of rotatable bonds is 6. The Kier molecular flexibility index (Phi) is 6.43. The van der Waals surface area contributed by atoms with Crippen molar-refractivity contribution in [2.24, 2.45) is 0 Å². The van der Waals surface area contributed by atoms with Gasteiger partial charge in [-0.1, -0.05) is 25.4 Å². The molecule has 0 amide bonds. The standard InChI is InChI=1S/C16H19ClO5/c1-5-22-15-11(9(2)3)6-10(17)7-12(15)13(18)8-14(19)16(20)21-4/h6-9,18H,5H2,1-4H3/b13-8+. The van der Waals surface area contributed by atoms with E-state index >= 15 is 0 Å². The molecule has 0 aromatic heterocycles. The Morgan fingerprint density at radius 1 is 1.36 bits per heavy atom. The Morgan fingerprint density at radius 3 is 2.50 bits per heavy atom. The van der Waals surface area contributed by atoms with Gasteiger partial charge in [-0.3, -0.25) is 4.79 Å². The molecule has 0 radical (unpaired) electrons. The van der Waals surface area contributed by atoms with Crippen molar-refractivity contribution in [3.8, 4) is 5.75 Å². The quantitative estimate of drug-likeness (QED) is 0.375. The zero-order valence-electron chi connectivity index (χ0n) is 13.0. The molecule has 0 bridgehead atoms. The van der Waals surface area contributed by atoms with Gasteiger partial charge in [0.05, 0.1) is 19.3 Å². The van der Waals surface area contributed by atoms with Crippen LogP contribution < -0.4 is 4.74 Å². The zero-order valence-corrected chi connectivity index (χ0v) is 13.7. The molecule has 0 aliphatic heterocycles. The second kappa shape index (κ2) is 7.84. The van der Waals surface area contributed by atoms with E-state index in [0.29, 0.717) is 17.4 Å². The first-order valence-electron chi connectivity index (χ1n) is 6.81. The molecule has 6 heteroatoms. The summed E-state index contributed by atoms with van der Waals surface area (Å²) in [6.45, 7) is 6.10. The highest BCUT2D eigenvalue weighted by Crippen LogP contribution is 2.36. The first kappa shape index (κ1) is 18.0. The molecule has 0 aliphatic carbocycles. The molecular formula is C16H19ClO5. The molecule has 5 nitrogen and oxygen atoms in total. The van der Waals surface area contributed by atoms with Gasteiger partial charge in [-0.15, -0.1) is 0 Å². The van der Waals surface area contributed by atoms with Crippen LogP contribution in [0, 0.1) is 0 Å². The molecule has 0 saturated carbocycles. The maximum atomic E-state index is 11.5. The predicted molar refractivity (Wildman–Crippen MR) is 84.3 cm³/mol. The van der Waals surface area contributed by atoms with Gasteiger partial charge in [0.25, 0.3) is 5.78 Å².